The molecule has 0 bridgehead atoms. The van der Waals surface area contributed by atoms with Crippen molar-refractivity contribution in [2.24, 2.45) is 5.92 Å². The smallest absolute Gasteiger partial charge is 0.327 e. The number of ether oxygens (including phenoxy) is 1. The van der Waals surface area contributed by atoms with Gasteiger partial charge in [-0.05, 0) is 18.8 Å². The first-order chi connectivity index (χ1) is 13.4. The maximum Gasteiger partial charge on any atom is 0.327 e. The van der Waals surface area contributed by atoms with Crippen LogP contribution in [-0.4, -0.2) is 90.6 Å². The zero-order chi connectivity index (χ0) is 20.3. The van der Waals surface area contributed by atoms with Crippen LogP contribution >= 0.6 is 0 Å². The summed E-state index contributed by atoms with van der Waals surface area (Å²) in [6.07, 6.45) is 4.37. The number of nitrogens with one attached hydrogen (secondary N) is 1. The Balaban J connectivity index is 1.58. The van der Waals surface area contributed by atoms with E-state index in [-0.39, 0.29) is 30.4 Å². The zero-order valence-electron chi connectivity index (χ0n) is 17.4. The summed E-state index contributed by atoms with van der Waals surface area (Å²) in [6.45, 7) is 7.73. The van der Waals surface area contributed by atoms with Gasteiger partial charge in [0.1, 0.15) is 12.1 Å². The normalized spacial score (nSPS) is 24.3. The van der Waals surface area contributed by atoms with E-state index in [1.165, 1.54) is 0 Å². The molecule has 8 nitrogen and oxygen atoms in total. The first-order valence-electron chi connectivity index (χ1n) is 10.5. The fourth-order valence-corrected chi connectivity index (χ4v) is 4.78. The van der Waals surface area contributed by atoms with Crippen molar-refractivity contribution in [2.45, 2.75) is 57.5 Å². The highest BCUT2D eigenvalue weighted by Gasteiger charge is 2.55. The molecule has 8 heteroatoms. The largest absolute Gasteiger partial charge is 0.379 e. The molecule has 3 aliphatic rings. The minimum absolute atomic E-state index is 0.197. The van der Waals surface area contributed by atoms with Crippen molar-refractivity contribution >= 4 is 17.8 Å². The van der Waals surface area contributed by atoms with Crippen molar-refractivity contribution in [1.29, 1.82) is 0 Å². The molecule has 1 aliphatic carbocycles. The molecule has 3 rings (SSSR count). The Labute approximate surface area is 167 Å². The van der Waals surface area contributed by atoms with Crippen molar-refractivity contribution < 1.29 is 19.1 Å². The summed E-state index contributed by atoms with van der Waals surface area (Å²) in [5.41, 5.74) is -0.732. The van der Waals surface area contributed by atoms with Gasteiger partial charge in [-0.3, -0.25) is 19.4 Å². The maximum atomic E-state index is 13.0. The molecule has 4 amide bonds. The average molecular weight is 395 g/mol. The van der Waals surface area contributed by atoms with Crippen molar-refractivity contribution in [3.8, 4) is 0 Å². The molecule has 0 aromatic carbocycles. The molecule has 28 heavy (non-hydrogen) atoms. The third-order valence-corrected chi connectivity index (χ3v) is 6.58. The van der Waals surface area contributed by atoms with Crippen molar-refractivity contribution in [2.75, 3.05) is 46.4 Å². The lowest BCUT2D eigenvalue weighted by Crippen LogP contribution is -2.52. The molecule has 1 spiro atoms. The summed E-state index contributed by atoms with van der Waals surface area (Å²) in [5.74, 6) is -0.101. The third kappa shape index (κ3) is 4.03. The average Bonchev–Trinajstić information content (AvgIpc) is 2.86. The van der Waals surface area contributed by atoms with Crippen LogP contribution in [0.2, 0.25) is 0 Å². The number of morpholine rings is 1. The molecule has 3 fully saturated rings. The number of imide groups is 1. The molecule has 1 saturated carbocycles. The predicted octanol–water partition coefficient (Wildman–Crippen LogP) is 1.06. The van der Waals surface area contributed by atoms with Gasteiger partial charge in [-0.2, -0.15) is 0 Å². The van der Waals surface area contributed by atoms with E-state index >= 15 is 0 Å². The number of hydrogen-bond acceptors (Lipinski definition) is 5. The number of likely N-dealkylation sites (N-methyl/N-ethyl adjacent to an activating group) is 1. The first kappa shape index (κ1) is 21.0. The highest BCUT2D eigenvalue weighted by atomic mass is 16.5. The Morgan fingerprint density at radius 3 is 2.39 bits per heavy atom. The fraction of sp³-hybridized carbons (Fsp3) is 0.850. The van der Waals surface area contributed by atoms with E-state index < -0.39 is 5.54 Å². The van der Waals surface area contributed by atoms with E-state index in [1.54, 1.807) is 11.9 Å². The zero-order valence-corrected chi connectivity index (χ0v) is 17.4. The summed E-state index contributed by atoms with van der Waals surface area (Å²) in [5, 5.41) is 2.95. The molecule has 2 heterocycles. The van der Waals surface area contributed by atoms with Crippen LogP contribution in [0.15, 0.2) is 0 Å². The Bertz CT molecular complexity index is 597. The van der Waals surface area contributed by atoms with E-state index in [9.17, 15) is 14.4 Å². The van der Waals surface area contributed by atoms with E-state index in [2.05, 4.69) is 24.1 Å². The molecule has 0 radical (unpaired) electrons. The van der Waals surface area contributed by atoms with Crippen LogP contribution in [0.25, 0.3) is 0 Å². The van der Waals surface area contributed by atoms with Crippen LogP contribution in [-0.2, 0) is 14.3 Å². The van der Waals surface area contributed by atoms with Gasteiger partial charge in [-0.25, -0.2) is 4.79 Å². The Morgan fingerprint density at radius 2 is 1.79 bits per heavy atom. The fourth-order valence-electron chi connectivity index (χ4n) is 4.78. The number of nitrogens with zero attached hydrogens (tertiary/aromatic N) is 3. The van der Waals surface area contributed by atoms with Crippen LogP contribution in [0.3, 0.4) is 0 Å². The minimum atomic E-state index is -0.732. The highest BCUT2D eigenvalue weighted by Crippen LogP contribution is 2.39. The Kier molecular flexibility index (Phi) is 6.60. The van der Waals surface area contributed by atoms with Crippen LogP contribution in [0.1, 0.15) is 46.0 Å². The second-order valence-corrected chi connectivity index (χ2v) is 8.59. The topological polar surface area (TPSA) is 82.2 Å². The van der Waals surface area contributed by atoms with E-state index in [0.29, 0.717) is 38.5 Å². The van der Waals surface area contributed by atoms with Gasteiger partial charge in [0.2, 0.25) is 5.91 Å². The minimum Gasteiger partial charge on any atom is -0.379 e. The van der Waals surface area contributed by atoms with Gasteiger partial charge in [0, 0.05) is 32.7 Å². The van der Waals surface area contributed by atoms with Crippen LogP contribution in [0, 0.1) is 5.92 Å². The van der Waals surface area contributed by atoms with Gasteiger partial charge < -0.3 is 15.0 Å². The lowest BCUT2D eigenvalue weighted by molar-refractivity contribution is -0.137. The number of carbonyl (C=O) groups is 3. The van der Waals surface area contributed by atoms with Gasteiger partial charge in [-0.15, -0.1) is 0 Å². The molecule has 1 unspecified atom stereocenters. The molecule has 1 N–H and O–H groups in total. The number of rotatable bonds is 6. The standard InChI is InChI=1S/C20H34N4O4/c1-15(2)16(23-9-11-28-12-10-23)13-21-17(25)14-24-18(26)20(22(3)19(24)27)7-5-4-6-8-20/h15-16H,4-14H2,1-3H3,(H,21,25). The predicted molar refractivity (Wildman–Crippen MR) is 105 cm³/mol. The molecular formula is C20H34N4O4. The van der Waals surface area contributed by atoms with Crippen molar-refractivity contribution in [3.05, 3.63) is 0 Å². The van der Waals surface area contributed by atoms with Gasteiger partial charge >= 0.3 is 6.03 Å². The second kappa shape index (κ2) is 8.78. The monoisotopic (exact) mass is 394 g/mol. The van der Waals surface area contributed by atoms with Gasteiger partial charge in [0.15, 0.2) is 0 Å². The molecule has 0 aromatic rings. The summed E-state index contributed by atoms with van der Waals surface area (Å²) in [7, 11) is 1.69. The third-order valence-electron chi connectivity index (χ3n) is 6.58. The SMILES string of the molecule is CC(C)C(CNC(=O)CN1C(=O)N(C)C2(CCCCC2)C1=O)N1CCOCC1. The number of amides is 4. The molecule has 0 aromatic heterocycles. The summed E-state index contributed by atoms with van der Waals surface area (Å²) >= 11 is 0. The quantitative estimate of drug-likeness (QED) is 0.681. The van der Waals surface area contributed by atoms with Gasteiger partial charge in [0.05, 0.1) is 13.2 Å². The number of carbonyl (C=O) groups excluding carboxylic acids is 3. The maximum absolute atomic E-state index is 13.0. The highest BCUT2D eigenvalue weighted by molar-refractivity contribution is 6.08. The lowest BCUT2D eigenvalue weighted by Gasteiger charge is -2.37. The first-order valence-corrected chi connectivity index (χ1v) is 10.5. The molecule has 2 aliphatic heterocycles. The summed E-state index contributed by atoms with van der Waals surface area (Å²) < 4.78 is 5.42. The molecular weight excluding hydrogens is 360 g/mol. The second-order valence-electron chi connectivity index (χ2n) is 8.59. The number of hydrogen-bond donors (Lipinski definition) is 1. The van der Waals surface area contributed by atoms with Crippen LogP contribution < -0.4 is 5.32 Å². The van der Waals surface area contributed by atoms with E-state index in [1.807, 2.05) is 0 Å². The summed E-state index contributed by atoms with van der Waals surface area (Å²) in [4.78, 5) is 43.2. The van der Waals surface area contributed by atoms with E-state index in [4.69, 9.17) is 4.74 Å². The van der Waals surface area contributed by atoms with Crippen molar-refractivity contribution in [1.82, 2.24) is 20.0 Å². The van der Waals surface area contributed by atoms with Gasteiger partial charge in [-0.1, -0.05) is 33.1 Å². The molecule has 1 atom stereocenters. The van der Waals surface area contributed by atoms with E-state index in [0.717, 1.165) is 37.3 Å². The molecule has 158 valence electrons. The number of urea groups is 1. The van der Waals surface area contributed by atoms with Gasteiger partial charge in [0.25, 0.3) is 5.91 Å². The Hall–Kier alpha value is -1.67. The molecule has 2 saturated heterocycles. The van der Waals surface area contributed by atoms with Crippen LogP contribution in [0.5, 0.6) is 0 Å². The van der Waals surface area contributed by atoms with Crippen molar-refractivity contribution in [3.63, 3.8) is 0 Å². The summed E-state index contributed by atoms with van der Waals surface area (Å²) in [6, 6.07) is -0.138. The Morgan fingerprint density at radius 1 is 1.14 bits per heavy atom. The van der Waals surface area contributed by atoms with Crippen LogP contribution in [0.4, 0.5) is 4.79 Å². The lowest BCUT2D eigenvalue weighted by atomic mass is 9.81.